The van der Waals surface area contributed by atoms with Crippen molar-refractivity contribution in [2.75, 3.05) is 13.7 Å². The predicted octanol–water partition coefficient (Wildman–Crippen LogP) is 3.61. The van der Waals surface area contributed by atoms with Crippen molar-refractivity contribution < 1.29 is 9.15 Å². The Morgan fingerprint density at radius 1 is 1.15 bits per heavy atom. The van der Waals surface area contributed by atoms with Crippen LogP contribution in [0.1, 0.15) is 17.5 Å². The van der Waals surface area contributed by atoms with Crippen molar-refractivity contribution in [3.05, 3.63) is 78.5 Å². The maximum Gasteiger partial charge on any atom is 0.180 e. The third-order valence-corrected chi connectivity index (χ3v) is 4.38. The molecule has 1 aromatic carbocycles. The van der Waals surface area contributed by atoms with E-state index < -0.39 is 0 Å². The molecule has 0 N–H and O–H groups in total. The summed E-state index contributed by atoms with van der Waals surface area (Å²) >= 11 is 0. The summed E-state index contributed by atoms with van der Waals surface area (Å²) in [6.45, 7) is 0.779. The molecular formula is C20H20N4O2. The zero-order valence-electron chi connectivity index (χ0n) is 14.5. The van der Waals surface area contributed by atoms with Crippen LogP contribution in [-0.4, -0.2) is 34.5 Å². The molecule has 0 amide bonds. The summed E-state index contributed by atoms with van der Waals surface area (Å²) in [6.07, 6.45) is 9.84. The number of hydrogen-bond acceptors (Lipinski definition) is 5. The van der Waals surface area contributed by atoms with E-state index in [1.165, 1.54) is 5.56 Å². The van der Waals surface area contributed by atoms with Gasteiger partial charge in [-0.25, -0.2) is 4.68 Å². The minimum atomic E-state index is -0.201. The molecule has 1 aliphatic heterocycles. The molecule has 0 saturated carbocycles. The number of rotatable bonds is 6. The van der Waals surface area contributed by atoms with Crippen molar-refractivity contribution in [1.82, 2.24) is 14.7 Å². The highest BCUT2D eigenvalue weighted by Gasteiger charge is 2.27. The normalized spacial score (nSPS) is 16.6. The predicted molar refractivity (Wildman–Crippen MR) is 99.8 cm³/mol. The Balaban J connectivity index is 1.58. The molecule has 1 aliphatic rings. The number of aromatic nitrogens is 2. The fourth-order valence-corrected chi connectivity index (χ4v) is 3.05. The van der Waals surface area contributed by atoms with Crippen LogP contribution in [0.25, 0.3) is 5.82 Å². The van der Waals surface area contributed by atoms with E-state index in [1.807, 2.05) is 53.5 Å². The van der Waals surface area contributed by atoms with Crippen LogP contribution in [0.2, 0.25) is 0 Å². The molecule has 1 atom stereocenters. The second kappa shape index (κ2) is 7.31. The van der Waals surface area contributed by atoms with Gasteiger partial charge in [-0.05, 0) is 48.4 Å². The molecule has 4 rings (SSSR count). The highest BCUT2D eigenvalue weighted by molar-refractivity contribution is 5.80. The standard InChI is InChI=1S/C20H20N4O2/c1-25-17-7-5-16(6-8-17)10-14-23-19(24-13-3-11-22-24)9-12-21-20(23)18-4-2-15-26-18/h2-9,11-13,15,20H,10,14H2,1H3. The minimum absolute atomic E-state index is 0.201. The second-order valence-electron chi connectivity index (χ2n) is 5.95. The third-order valence-electron chi connectivity index (χ3n) is 4.38. The fraction of sp³-hybridized carbons (Fsp3) is 0.200. The highest BCUT2D eigenvalue weighted by Crippen LogP contribution is 2.30. The van der Waals surface area contributed by atoms with E-state index >= 15 is 0 Å². The Bertz CT molecular complexity index is 881. The van der Waals surface area contributed by atoms with E-state index in [9.17, 15) is 0 Å². The first-order valence-corrected chi connectivity index (χ1v) is 8.51. The smallest absolute Gasteiger partial charge is 0.180 e. The van der Waals surface area contributed by atoms with Crippen LogP contribution >= 0.6 is 0 Å². The number of nitrogens with zero attached hydrogens (tertiary/aromatic N) is 4. The molecule has 0 bridgehead atoms. The fourth-order valence-electron chi connectivity index (χ4n) is 3.05. The van der Waals surface area contributed by atoms with Crippen LogP contribution in [-0.2, 0) is 6.42 Å². The van der Waals surface area contributed by atoms with Gasteiger partial charge in [-0.15, -0.1) is 0 Å². The van der Waals surface area contributed by atoms with E-state index in [0.29, 0.717) is 0 Å². The summed E-state index contributed by atoms with van der Waals surface area (Å²) in [5.41, 5.74) is 1.23. The Labute approximate surface area is 152 Å². The lowest BCUT2D eigenvalue weighted by molar-refractivity contribution is 0.254. The van der Waals surface area contributed by atoms with Gasteiger partial charge in [0.05, 0.1) is 13.4 Å². The summed E-state index contributed by atoms with van der Waals surface area (Å²) in [4.78, 5) is 6.83. The van der Waals surface area contributed by atoms with E-state index in [0.717, 1.165) is 30.3 Å². The Kier molecular flexibility index (Phi) is 4.55. The lowest BCUT2D eigenvalue weighted by Gasteiger charge is -2.33. The van der Waals surface area contributed by atoms with Crippen LogP contribution in [0.5, 0.6) is 5.75 Å². The van der Waals surface area contributed by atoms with Crippen molar-refractivity contribution in [2.45, 2.75) is 12.6 Å². The first-order valence-electron chi connectivity index (χ1n) is 8.51. The maximum atomic E-state index is 5.62. The first-order chi connectivity index (χ1) is 12.8. The van der Waals surface area contributed by atoms with Crippen molar-refractivity contribution >= 4 is 12.0 Å². The number of aliphatic imine (C=N–C) groups is 1. The van der Waals surface area contributed by atoms with Gasteiger partial charge in [-0.1, -0.05) is 12.1 Å². The Hall–Kier alpha value is -3.28. The minimum Gasteiger partial charge on any atom is -0.497 e. The van der Waals surface area contributed by atoms with Gasteiger partial charge < -0.3 is 14.1 Å². The van der Waals surface area contributed by atoms with Gasteiger partial charge in [0.2, 0.25) is 0 Å². The van der Waals surface area contributed by atoms with Crippen molar-refractivity contribution in [3.8, 4) is 5.75 Å². The zero-order valence-corrected chi connectivity index (χ0v) is 14.5. The molecule has 0 fully saturated rings. The maximum absolute atomic E-state index is 5.62. The first kappa shape index (κ1) is 16.2. The number of ether oxygens (including phenoxy) is 1. The molecule has 6 nitrogen and oxygen atoms in total. The average molecular weight is 348 g/mol. The van der Waals surface area contributed by atoms with Gasteiger partial charge in [-0.2, -0.15) is 5.10 Å². The van der Waals surface area contributed by atoms with Gasteiger partial charge in [0.25, 0.3) is 0 Å². The van der Waals surface area contributed by atoms with Crippen molar-refractivity contribution in [3.63, 3.8) is 0 Å². The topological polar surface area (TPSA) is 55.8 Å². The highest BCUT2D eigenvalue weighted by atomic mass is 16.5. The summed E-state index contributed by atoms with van der Waals surface area (Å²) in [6, 6.07) is 13.9. The summed E-state index contributed by atoms with van der Waals surface area (Å²) in [7, 11) is 1.68. The van der Waals surface area contributed by atoms with Crippen LogP contribution in [0.15, 0.2) is 76.6 Å². The van der Waals surface area contributed by atoms with Gasteiger partial charge in [0.1, 0.15) is 17.3 Å². The van der Waals surface area contributed by atoms with E-state index in [-0.39, 0.29) is 6.17 Å². The zero-order chi connectivity index (χ0) is 17.8. The van der Waals surface area contributed by atoms with Gasteiger partial charge in [0, 0.05) is 25.2 Å². The number of furan rings is 1. The number of methoxy groups -OCH3 is 1. The molecule has 3 aromatic rings. The largest absolute Gasteiger partial charge is 0.497 e. The van der Waals surface area contributed by atoms with E-state index in [4.69, 9.17) is 9.15 Å². The van der Waals surface area contributed by atoms with Gasteiger partial charge in [-0.3, -0.25) is 4.99 Å². The molecule has 0 aliphatic carbocycles. The molecule has 0 spiro atoms. The van der Waals surface area contributed by atoms with Crippen LogP contribution < -0.4 is 4.74 Å². The number of hydrogen-bond donors (Lipinski definition) is 0. The molecular weight excluding hydrogens is 328 g/mol. The van der Waals surface area contributed by atoms with Gasteiger partial charge in [0.15, 0.2) is 6.17 Å². The SMILES string of the molecule is COc1ccc(CCN2C(n3cccn3)=CC=NC2c2ccco2)cc1. The number of benzene rings is 1. The molecule has 6 heteroatoms. The molecule has 2 aromatic heterocycles. The molecule has 1 unspecified atom stereocenters. The molecule has 26 heavy (non-hydrogen) atoms. The Morgan fingerprint density at radius 3 is 2.73 bits per heavy atom. The quantitative estimate of drug-likeness (QED) is 0.683. The average Bonchev–Trinajstić information content (AvgIpc) is 3.40. The monoisotopic (exact) mass is 348 g/mol. The van der Waals surface area contributed by atoms with Crippen molar-refractivity contribution in [1.29, 1.82) is 0 Å². The van der Waals surface area contributed by atoms with Crippen LogP contribution in [0, 0.1) is 0 Å². The molecule has 0 radical (unpaired) electrons. The third kappa shape index (κ3) is 3.26. The molecule has 132 valence electrons. The van der Waals surface area contributed by atoms with Gasteiger partial charge >= 0.3 is 0 Å². The number of allylic oxidation sites excluding steroid dienone is 1. The lowest BCUT2D eigenvalue weighted by Crippen LogP contribution is -2.33. The summed E-state index contributed by atoms with van der Waals surface area (Å²) in [5, 5.41) is 4.38. The van der Waals surface area contributed by atoms with E-state index in [1.54, 1.807) is 19.6 Å². The van der Waals surface area contributed by atoms with Crippen LogP contribution in [0.3, 0.4) is 0 Å². The summed E-state index contributed by atoms with van der Waals surface area (Å²) < 4.78 is 12.7. The second-order valence-corrected chi connectivity index (χ2v) is 5.95. The van der Waals surface area contributed by atoms with E-state index in [2.05, 4.69) is 27.1 Å². The molecule has 3 heterocycles. The van der Waals surface area contributed by atoms with Crippen molar-refractivity contribution in [2.24, 2.45) is 4.99 Å². The Morgan fingerprint density at radius 2 is 2.04 bits per heavy atom. The lowest BCUT2D eigenvalue weighted by atomic mass is 10.1. The van der Waals surface area contributed by atoms with Crippen LogP contribution in [0.4, 0.5) is 0 Å². The summed E-state index contributed by atoms with van der Waals surface area (Å²) in [5.74, 6) is 2.65. The molecule has 0 saturated heterocycles.